The number of rotatable bonds is 3. The Labute approximate surface area is 111 Å². The summed E-state index contributed by atoms with van der Waals surface area (Å²) in [6, 6.07) is 5.95. The van der Waals surface area contributed by atoms with Gasteiger partial charge in [-0.15, -0.1) is 0 Å². The molecular formula is C14H17NO4. The number of cyclic esters (lactones) is 1. The molecule has 0 saturated carbocycles. The maximum absolute atomic E-state index is 11.6. The van der Waals surface area contributed by atoms with Gasteiger partial charge in [-0.1, -0.05) is 6.07 Å². The van der Waals surface area contributed by atoms with E-state index in [9.17, 15) is 4.79 Å². The number of amides is 1. The second-order valence-electron chi connectivity index (χ2n) is 4.77. The van der Waals surface area contributed by atoms with Crippen molar-refractivity contribution in [3.05, 3.63) is 29.3 Å². The molecular weight excluding hydrogens is 246 g/mol. The van der Waals surface area contributed by atoms with Crippen LogP contribution in [0.3, 0.4) is 0 Å². The predicted octanol–water partition coefficient (Wildman–Crippen LogP) is 1.64. The van der Waals surface area contributed by atoms with Crippen LogP contribution in [0, 0.1) is 0 Å². The monoisotopic (exact) mass is 263 g/mol. The van der Waals surface area contributed by atoms with Crippen molar-refractivity contribution in [2.24, 2.45) is 0 Å². The number of anilines is 1. The van der Waals surface area contributed by atoms with Crippen LogP contribution in [-0.2, 0) is 15.9 Å². The van der Waals surface area contributed by atoms with Crippen LogP contribution in [0.4, 0.5) is 10.5 Å². The zero-order valence-corrected chi connectivity index (χ0v) is 10.7. The normalized spacial score (nSPS) is 22.3. The summed E-state index contributed by atoms with van der Waals surface area (Å²) in [5.74, 6) is 0. The number of nitrogens with zero attached hydrogens (tertiary/aromatic N) is 1. The van der Waals surface area contributed by atoms with Crippen LogP contribution in [0.2, 0.25) is 0 Å². The third-order valence-electron chi connectivity index (χ3n) is 3.63. The fourth-order valence-corrected chi connectivity index (χ4v) is 2.68. The van der Waals surface area contributed by atoms with E-state index in [1.54, 1.807) is 4.90 Å². The highest BCUT2D eigenvalue weighted by Crippen LogP contribution is 2.32. The van der Waals surface area contributed by atoms with Crippen LogP contribution in [0.25, 0.3) is 0 Å². The van der Waals surface area contributed by atoms with E-state index in [2.05, 4.69) is 0 Å². The van der Waals surface area contributed by atoms with Gasteiger partial charge in [0.05, 0.1) is 19.3 Å². The summed E-state index contributed by atoms with van der Waals surface area (Å²) in [6.07, 6.45) is 1.14. The number of hydrogen-bond donors (Lipinski definition) is 1. The van der Waals surface area contributed by atoms with Crippen LogP contribution >= 0.6 is 0 Å². The number of ether oxygens (including phenoxy) is 2. The van der Waals surface area contributed by atoms with Gasteiger partial charge < -0.3 is 14.6 Å². The Bertz CT molecular complexity index is 488. The number of benzene rings is 1. The largest absolute Gasteiger partial charge is 0.447 e. The number of fused-ring (bicyclic) bond motifs is 1. The molecule has 1 fully saturated rings. The van der Waals surface area contributed by atoms with Gasteiger partial charge in [0.2, 0.25) is 0 Å². The van der Waals surface area contributed by atoms with E-state index in [1.807, 2.05) is 18.2 Å². The molecule has 0 bridgehead atoms. The molecule has 1 aromatic carbocycles. The van der Waals surface area contributed by atoms with Gasteiger partial charge in [0.1, 0.15) is 6.61 Å². The van der Waals surface area contributed by atoms with E-state index in [0.717, 1.165) is 17.7 Å². The Hall–Kier alpha value is -1.59. The molecule has 1 saturated heterocycles. The summed E-state index contributed by atoms with van der Waals surface area (Å²) in [7, 11) is 0. The Morgan fingerprint density at radius 3 is 3.00 bits per heavy atom. The lowest BCUT2D eigenvalue weighted by molar-refractivity contribution is 0.0254. The van der Waals surface area contributed by atoms with Crippen molar-refractivity contribution in [1.82, 2.24) is 0 Å². The van der Waals surface area contributed by atoms with Gasteiger partial charge in [-0.2, -0.15) is 0 Å². The lowest BCUT2D eigenvalue weighted by atomic mass is 9.95. The van der Waals surface area contributed by atoms with E-state index in [1.165, 1.54) is 5.56 Å². The zero-order valence-electron chi connectivity index (χ0n) is 10.7. The smallest absolute Gasteiger partial charge is 0.414 e. The van der Waals surface area contributed by atoms with E-state index in [4.69, 9.17) is 14.6 Å². The minimum Gasteiger partial charge on any atom is -0.447 e. The van der Waals surface area contributed by atoms with Crippen molar-refractivity contribution in [3.8, 4) is 0 Å². The van der Waals surface area contributed by atoms with Crippen LogP contribution in [-0.4, -0.2) is 37.6 Å². The van der Waals surface area contributed by atoms with Crippen LogP contribution < -0.4 is 4.90 Å². The maximum Gasteiger partial charge on any atom is 0.414 e. The first-order valence-electron chi connectivity index (χ1n) is 6.59. The van der Waals surface area contributed by atoms with Crippen molar-refractivity contribution in [3.63, 3.8) is 0 Å². The highest BCUT2D eigenvalue weighted by Gasteiger charge is 2.26. The number of carbonyl (C=O) groups is 1. The molecule has 0 unspecified atom stereocenters. The molecule has 1 amide bonds. The van der Waals surface area contributed by atoms with Gasteiger partial charge in [0, 0.05) is 18.7 Å². The highest BCUT2D eigenvalue weighted by molar-refractivity contribution is 5.89. The number of aliphatic hydroxyl groups excluding tert-OH is 1. The average Bonchev–Trinajstić information content (AvgIpc) is 2.85. The minimum absolute atomic E-state index is 0.0340. The lowest BCUT2D eigenvalue weighted by Gasteiger charge is -2.27. The summed E-state index contributed by atoms with van der Waals surface area (Å²) in [4.78, 5) is 13.2. The van der Waals surface area contributed by atoms with Crippen LogP contribution in [0.15, 0.2) is 18.2 Å². The third-order valence-corrected chi connectivity index (χ3v) is 3.63. The Kier molecular flexibility index (Phi) is 3.40. The summed E-state index contributed by atoms with van der Waals surface area (Å²) >= 11 is 0. The zero-order chi connectivity index (χ0) is 13.2. The molecule has 0 radical (unpaired) electrons. The molecule has 5 heteroatoms. The molecule has 5 nitrogen and oxygen atoms in total. The highest BCUT2D eigenvalue weighted by atomic mass is 16.6. The number of carbonyl (C=O) groups excluding carboxylic acids is 1. The topological polar surface area (TPSA) is 59.0 Å². The van der Waals surface area contributed by atoms with Crippen molar-refractivity contribution in [2.75, 3.05) is 31.3 Å². The molecule has 1 aromatic rings. The quantitative estimate of drug-likeness (QED) is 0.900. The molecule has 0 aliphatic carbocycles. The summed E-state index contributed by atoms with van der Waals surface area (Å²) in [5, 5.41) is 9.06. The molecule has 0 spiro atoms. The lowest BCUT2D eigenvalue weighted by Crippen LogP contribution is -2.24. The maximum atomic E-state index is 11.6. The number of hydrogen-bond acceptors (Lipinski definition) is 4. The number of aliphatic hydroxyl groups is 1. The van der Waals surface area contributed by atoms with Gasteiger partial charge in [-0.3, -0.25) is 4.90 Å². The van der Waals surface area contributed by atoms with E-state index in [0.29, 0.717) is 26.2 Å². The van der Waals surface area contributed by atoms with Crippen molar-refractivity contribution >= 4 is 11.8 Å². The fraction of sp³-hybridized carbons (Fsp3) is 0.500. The minimum atomic E-state index is -0.279. The molecule has 2 heterocycles. The standard InChI is InChI=1S/C14H17NO4/c16-6-3-13-12-2-1-11(9-10(12)4-7-18-13)15-5-8-19-14(15)17/h1-2,9,13,16H,3-8H2/t13-/m0/s1. The molecule has 2 aliphatic rings. The SMILES string of the molecule is O=C1OCCN1c1ccc2c(c1)CCO[C@H]2CCO. The van der Waals surface area contributed by atoms with Gasteiger partial charge >= 0.3 is 6.09 Å². The van der Waals surface area contributed by atoms with Crippen molar-refractivity contribution in [2.45, 2.75) is 18.9 Å². The Morgan fingerprint density at radius 2 is 2.26 bits per heavy atom. The van der Waals surface area contributed by atoms with Crippen molar-refractivity contribution in [1.29, 1.82) is 0 Å². The molecule has 3 rings (SSSR count). The first-order chi connectivity index (χ1) is 9.29. The summed E-state index contributed by atoms with van der Waals surface area (Å²) in [5.41, 5.74) is 3.20. The molecule has 1 atom stereocenters. The predicted molar refractivity (Wildman–Crippen MR) is 69.2 cm³/mol. The fourth-order valence-electron chi connectivity index (χ4n) is 2.68. The summed E-state index contributed by atoms with van der Waals surface area (Å²) in [6.45, 7) is 1.83. The second kappa shape index (κ2) is 5.19. The first kappa shape index (κ1) is 12.4. The Balaban J connectivity index is 1.89. The average molecular weight is 263 g/mol. The van der Waals surface area contributed by atoms with E-state index >= 15 is 0 Å². The second-order valence-corrected chi connectivity index (χ2v) is 4.77. The van der Waals surface area contributed by atoms with E-state index in [-0.39, 0.29) is 18.8 Å². The van der Waals surface area contributed by atoms with Gasteiger partial charge in [-0.25, -0.2) is 4.79 Å². The molecule has 102 valence electrons. The Morgan fingerprint density at radius 1 is 1.37 bits per heavy atom. The molecule has 0 aromatic heterocycles. The van der Waals surface area contributed by atoms with Gasteiger partial charge in [-0.05, 0) is 29.7 Å². The van der Waals surface area contributed by atoms with E-state index < -0.39 is 0 Å². The van der Waals surface area contributed by atoms with Gasteiger partial charge in [0.15, 0.2) is 0 Å². The van der Waals surface area contributed by atoms with Crippen molar-refractivity contribution < 1.29 is 19.4 Å². The first-order valence-corrected chi connectivity index (χ1v) is 6.59. The molecule has 1 N–H and O–H groups in total. The molecule has 2 aliphatic heterocycles. The van der Waals surface area contributed by atoms with Crippen LogP contribution in [0.5, 0.6) is 0 Å². The summed E-state index contributed by atoms with van der Waals surface area (Å²) < 4.78 is 10.6. The van der Waals surface area contributed by atoms with Crippen LogP contribution in [0.1, 0.15) is 23.7 Å². The van der Waals surface area contributed by atoms with Gasteiger partial charge in [0.25, 0.3) is 0 Å². The molecule has 19 heavy (non-hydrogen) atoms. The third kappa shape index (κ3) is 2.31.